The van der Waals surface area contributed by atoms with Gasteiger partial charge in [-0.15, -0.1) is 11.3 Å². The first kappa shape index (κ1) is 14.0. The predicted octanol–water partition coefficient (Wildman–Crippen LogP) is 4.02. The minimum atomic E-state index is -0.228. The van der Waals surface area contributed by atoms with Crippen molar-refractivity contribution < 1.29 is 4.39 Å². The predicted molar refractivity (Wildman–Crippen MR) is 83.1 cm³/mol. The number of nitrogens with one attached hydrogen (secondary N) is 1. The molecule has 1 aromatic carbocycles. The first-order valence-corrected chi connectivity index (χ1v) is 7.15. The van der Waals surface area contributed by atoms with Gasteiger partial charge in [0.2, 0.25) is 0 Å². The molecule has 1 aromatic heterocycles. The molecule has 0 radical (unpaired) electrons. The van der Waals surface area contributed by atoms with Crippen LogP contribution < -0.4 is 5.32 Å². The molecule has 0 spiro atoms. The van der Waals surface area contributed by atoms with E-state index >= 15 is 0 Å². The van der Waals surface area contributed by atoms with E-state index in [1.54, 1.807) is 24.3 Å². The fourth-order valence-corrected chi connectivity index (χ4v) is 2.54. The zero-order valence-corrected chi connectivity index (χ0v) is 12.4. The van der Waals surface area contributed by atoms with Gasteiger partial charge in [-0.25, -0.2) is 4.39 Å². The molecule has 0 aliphatic heterocycles. The van der Waals surface area contributed by atoms with Crippen molar-refractivity contribution in [2.75, 3.05) is 12.4 Å². The van der Waals surface area contributed by atoms with Crippen LogP contribution in [0, 0.1) is 12.7 Å². The van der Waals surface area contributed by atoms with Crippen LogP contribution in [0.1, 0.15) is 10.4 Å². The van der Waals surface area contributed by atoms with Crippen LogP contribution in [-0.4, -0.2) is 17.1 Å². The highest BCUT2D eigenvalue weighted by molar-refractivity contribution is 7.80. The second-order valence-electron chi connectivity index (χ2n) is 4.33. The lowest BCUT2D eigenvalue weighted by molar-refractivity contribution is 0.514. The smallest absolute Gasteiger partial charge is 0.173 e. The maximum absolute atomic E-state index is 13.4. The number of hydrogen-bond donors (Lipinski definition) is 1. The third-order valence-corrected chi connectivity index (χ3v) is 4.02. The standard InChI is InChI=1S/C14H15FN2S2/c1-10-5-6-11(8-13(10)15)16-14(18)17(2)9-12-4-3-7-19-12/h3-8H,9H2,1-2H3,(H,16,18). The van der Waals surface area contributed by atoms with E-state index in [-0.39, 0.29) is 5.82 Å². The number of thiophene rings is 1. The van der Waals surface area contributed by atoms with Gasteiger partial charge >= 0.3 is 0 Å². The third-order valence-electron chi connectivity index (χ3n) is 2.74. The lowest BCUT2D eigenvalue weighted by Gasteiger charge is -2.20. The molecule has 100 valence electrons. The molecule has 5 heteroatoms. The monoisotopic (exact) mass is 294 g/mol. The molecule has 0 amide bonds. The van der Waals surface area contributed by atoms with Crippen molar-refractivity contribution in [3.05, 3.63) is 52.0 Å². The SMILES string of the molecule is Cc1ccc(NC(=S)N(C)Cc2cccs2)cc1F. The van der Waals surface area contributed by atoms with Crippen molar-refractivity contribution in [2.45, 2.75) is 13.5 Å². The maximum atomic E-state index is 13.4. The minimum absolute atomic E-state index is 0.228. The highest BCUT2D eigenvalue weighted by Crippen LogP contribution is 2.15. The van der Waals surface area contributed by atoms with Crippen LogP contribution in [0.3, 0.4) is 0 Å². The summed E-state index contributed by atoms with van der Waals surface area (Å²) >= 11 is 7.00. The molecule has 0 atom stereocenters. The van der Waals surface area contributed by atoms with Gasteiger partial charge in [-0.05, 0) is 48.3 Å². The number of benzene rings is 1. The van der Waals surface area contributed by atoms with E-state index in [9.17, 15) is 4.39 Å². The molecular weight excluding hydrogens is 279 g/mol. The van der Waals surface area contributed by atoms with Gasteiger partial charge in [-0.3, -0.25) is 0 Å². The van der Waals surface area contributed by atoms with Crippen LogP contribution >= 0.6 is 23.6 Å². The molecule has 0 aliphatic rings. The van der Waals surface area contributed by atoms with Crippen LogP contribution in [0.25, 0.3) is 0 Å². The quantitative estimate of drug-likeness (QED) is 0.861. The number of halogens is 1. The van der Waals surface area contributed by atoms with Crippen molar-refractivity contribution in [1.82, 2.24) is 4.90 Å². The minimum Gasteiger partial charge on any atom is -0.347 e. The molecule has 0 bridgehead atoms. The van der Waals surface area contributed by atoms with E-state index < -0.39 is 0 Å². The van der Waals surface area contributed by atoms with E-state index in [1.807, 2.05) is 29.5 Å². The number of thiocarbonyl (C=S) groups is 1. The van der Waals surface area contributed by atoms with Gasteiger partial charge in [-0.1, -0.05) is 12.1 Å². The number of nitrogens with zero attached hydrogens (tertiary/aromatic N) is 1. The van der Waals surface area contributed by atoms with Gasteiger partial charge in [0, 0.05) is 17.6 Å². The Labute approximate surface area is 121 Å². The van der Waals surface area contributed by atoms with Gasteiger partial charge in [-0.2, -0.15) is 0 Å². The molecule has 2 nitrogen and oxygen atoms in total. The second-order valence-corrected chi connectivity index (χ2v) is 5.75. The molecule has 0 fully saturated rings. The van der Waals surface area contributed by atoms with E-state index in [4.69, 9.17) is 12.2 Å². The molecule has 2 rings (SSSR count). The van der Waals surface area contributed by atoms with Crippen molar-refractivity contribution in [2.24, 2.45) is 0 Å². The zero-order chi connectivity index (χ0) is 13.8. The average Bonchev–Trinajstić information content (AvgIpc) is 2.86. The van der Waals surface area contributed by atoms with Crippen LogP contribution in [0.2, 0.25) is 0 Å². The number of aryl methyl sites for hydroxylation is 1. The summed E-state index contributed by atoms with van der Waals surface area (Å²) in [4.78, 5) is 3.17. The van der Waals surface area contributed by atoms with E-state index in [0.717, 1.165) is 6.54 Å². The van der Waals surface area contributed by atoms with Gasteiger partial charge in [0.15, 0.2) is 5.11 Å². The first-order chi connectivity index (χ1) is 9.06. The summed E-state index contributed by atoms with van der Waals surface area (Å²) in [6.45, 7) is 2.48. The Kier molecular flexibility index (Phi) is 4.50. The Morgan fingerprint density at radius 3 is 2.84 bits per heavy atom. The lowest BCUT2D eigenvalue weighted by atomic mass is 10.2. The van der Waals surface area contributed by atoms with Gasteiger partial charge in [0.25, 0.3) is 0 Å². The second kappa shape index (κ2) is 6.12. The zero-order valence-electron chi connectivity index (χ0n) is 10.8. The molecule has 0 aliphatic carbocycles. The fourth-order valence-electron chi connectivity index (χ4n) is 1.60. The van der Waals surface area contributed by atoms with Crippen LogP contribution in [0.4, 0.5) is 10.1 Å². The molecule has 0 unspecified atom stereocenters. The normalized spacial score (nSPS) is 10.3. The van der Waals surface area contributed by atoms with Crippen LogP contribution in [0.5, 0.6) is 0 Å². The third kappa shape index (κ3) is 3.75. The number of rotatable bonds is 3. The van der Waals surface area contributed by atoms with Crippen LogP contribution in [0.15, 0.2) is 35.7 Å². The van der Waals surface area contributed by atoms with Gasteiger partial charge < -0.3 is 10.2 Å². The fraction of sp³-hybridized carbons (Fsp3) is 0.214. The largest absolute Gasteiger partial charge is 0.347 e. The summed E-state index contributed by atoms with van der Waals surface area (Å²) < 4.78 is 13.4. The van der Waals surface area contributed by atoms with Gasteiger partial charge in [0.1, 0.15) is 5.82 Å². The first-order valence-electron chi connectivity index (χ1n) is 5.87. The van der Waals surface area contributed by atoms with Crippen molar-refractivity contribution >= 4 is 34.4 Å². The number of anilines is 1. The number of hydrogen-bond acceptors (Lipinski definition) is 2. The van der Waals surface area contributed by atoms with Crippen molar-refractivity contribution in [1.29, 1.82) is 0 Å². The molecular formula is C14H15FN2S2. The maximum Gasteiger partial charge on any atom is 0.173 e. The Bertz CT molecular complexity index is 567. The van der Waals surface area contributed by atoms with Crippen LogP contribution in [-0.2, 0) is 6.54 Å². The van der Waals surface area contributed by atoms with Crippen molar-refractivity contribution in [3.8, 4) is 0 Å². The molecule has 1 N–H and O–H groups in total. The molecule has 19 heavy (non-hydrogen) atoms. The Morgan fingerprint density at radius 1 is 1.42 bits per heavy atom. The summed E-state index contributed by atoms with van der Waals surface area (Å²) in [6, 6.07) is 9.10. The molecule has 1 heterocycles. The molecule has 0 saturated carbocycles. The molecule has 0 saturated heterocycles. The summed E-state index contributed by atoms with van der Waals surface area (Å²) in [5.74, 6) is -0.228. The Hall–Kier alpha value is -1.46. The highest BCUT2D eigenvalue weighted by Gasteiger charge is 2.07. The molecule has 2 aromatic rings. The van der Waals surface area contributed by atoms with Gasteiger partial charge in [0.05, 0.1) is 6.54 Å². The van der Waals surface area contributed by atoms with E-state index in [1.165, 1.54) is 10.9 Å². The summed E-state index contributed by atoms with van der Waals surface area (Å²) in [7, 11) is 1.92. The summed E-state index contributed by atoms with van der Waals surface area (Å²) in [5.41, 5.74) is 1.30. The topological polar surface area (TPSA) is 15.3 Å². The summed E-state index contributed by atoms with van der Waals surface area (Å²) in [5, 5.41) is 5.66. The highest BCUT2D eigenvalue weighted by atomic mass is 32.1. The Balaban J connectivity index is 1.98. The van der Waals surface area contributed by atoms with Crippen molar-refractivity contribution in [3.63, 3.8) is 0 Å². The lowest BCUT2D eigenvalue weighted by Crippen LogP contribution is -2.30. The van der Waals surface area contributed by atoms with E-state index in [2.05, 4.69) is 11.4 Å². The Morgan fingerprint density at radius 2 is 2.21 bits per heavy atom. The summed E-state index contributed by atoms with van der Waals surface area (Å²) in [6.07, 6.45) is 0. The van der Waals surface area contributed by atoms with E-state index in [0.29, 0.717) is 16.4 Å². The average molecular weight is 294 g/mol.